The third-order valence-electron chi connectivity index (χ3n) is 3.16. The van der Waals surface area contributed by atoms with E-state index < -0.39 is 6.10 Å². The third kappa shape index (κ3) is 5.31. The number of carbonyl (C=O) groups excluding carboxylic acids is 1. The van der Waals surface area contributed by atoms with E-state index in [9.17, 15) is 4.79 Å². The lowest BCUT2D eigenvalue weighted by atomic mass is 10.2. The van der Waals surface area contributed by atoms with Gasteiger partial charge in [0.05, 0.1) is 0 Å². The molecule has 2 unspecified atom stereocenters. The zero-order chi connectivity index (χ0) is 13.7. The molecule has 0 bridgehead atoms. The Hall–Kier alpha value is -0.780. The molecule has 0 saturated carbocycles. The van der Waals surface area contributed by atoms with Crippen LogP contribution in [0.25, 0.3) is 0 Å². The molecule has 1 saturated heterocycles. The third-order valence-corrected chi connectivity index (χ3v) is 3.66. The van der Waals surface area contributed by atoms with Crippen molar-refractivity contribution in [2.24, 2.45) is 0 Å². The van der Waals surface area contributed by atoms with E-state index in [0.717, 1.165) is 17.4 Å². The van der Waals surface area contributed by atoms with Crippen LogP contribution in [0, 0.1) is 0 Å². The van der Waals surface area contributed by atoms with Crippen molar-refractivity contribution >= 4 is 34.2 Å². The number of rotatable bonds is 5. The van der Waals surface area contributed by atoms with Crippen LogP contribution >= 0.6 is 28.3 Å². The van der Waals surface area contributed by atoms with Crippen molar-refractivity contribution in [2.75, 3.05) is 13.1 Å². The van der Waals surface area contributed by atoms with Crippen LogP contribution in [0.3, 0.4) is 0 Å². The van der Waals surface area contributed by atoms with Crippen LogP contribution in [0.4, 0.5) is 0 Å². The van der Waals surface area contributed by atoms with E-state index in [1.807, 2.05) is 24.3 Å². The maximum absolute atomic E-state index is 11.9. The molecular weight excluding hydrogens is 344 g/mol. The van der Waals surface area contributed by atoms with Crippen molar-refractivity contribution in [3.05, 3.63) is 28.7 Å². The molecule has 2 rings (SSSR count). The Balaban J connectivity index is 0.00000200. The van der Waals surface area contributed by atoms with Gasteiger partial charge in [-0.05, 0) is 44.5 Å². The minimum atomic E-state index is -0.490. The van der Waals surface area contributed by atoms with Gasteiger partial charge in [0.15, 0.2) is 6.10 Å². The van der Waals surface area contributed by atoms with Crippen molar-refractivity contribution in [2.45, 2.75) is 31.9 Å². The van der Waals surface area contributed by atoms with Crippen LogP contribution in [-0.2, 0) is 4.79 Å². The molecule has 112 valence electrons. The van der Waals surface area contributed by atoms with Crippen molar-refractivity contribution in [3.63, 3.8) is 0 Å². The van der Waals surface area contributed by atoms with Gasteiger partial charge < -0.3 is 15.4 Å². The van der Waals surface area contributed by atoms with Crippen molar-refractivity contribution in [1.82, 2.24) is 10.6 Å². The number of hydrogen-bond donors (Lipinski definition) is 2. The molecule has 20 heavy (non-hydrogen) atoms. The fraction of sp³-hybridized carbons (Fsp3) is 0.500. The summed E-state index contributed by atoms with van der Waals surface area (Å²) in [7, 11) is 0. The summed E-state index contributed by atoms with van der Waals surface area (Å²) in [5.74, 6) is 0.615. The van der Waals surface area contributed by atoms with Gasteiger partial charge in [0.2, 0.25) is 0 Å². The first-order valence-corrected chi connectivity index (χ1v) is 7.38. The Kier molecular flexibility index (Phi) is 7.34. The number of carbonyl (C=O) groups is 1. The molecule has 0 aromatic heterocycles. The summed E-state index contributed by atoms with van der Waals surface area (Å²) >= 11 is 3.38. The topological polar surface area (TPSA) is 50.4 Å². The van der Waals surface area contributed by atoms with E-state index in [0.29, 0.717) is 18.3 Å². The second kappa shape index (κ2) is 8.49. The Morgan fingerprint density at radius 1 is 1.60 bits per heavy atom. The number of hydrogen-bond acceptors (Lipinski definition) is 3. The lowest BCUT2D eigenvalue weighted by molar-refractivity contribution is -0.127. The lowest BCUT2D eigenvalue weighted by Gasteiger charge is -2.17. The summed E-state index contributed by atoms with van der Waals surface area (Å²) in [6.07, 6.45) is 1.82. The summed E-state index contributed by atoms with van der Waals surface area (Å²) in [4.78, 5) is 11.9. The maximum Gasteiger partial charge on any atom is 0.260 e. The van der Waals surface area contributed by atoms with Crippen LogP contribution in [0.2, 0.25) is 0 Å². The first-order valence-electron chi connectivity index (χ1n) is 6.58. The molecule has 2 atom stereocenters. The molecule has 2 N–H and O–H groups in total. The largest absolute Gasteiger partial charge is 0.481 e. The molecule has 0 aliphatic carbocycles. The van der Waals surface area contributed by atoms with Crippen LogP contribution in [0.5, 0.6) is 5.75 Å². The second-order valence-electron chi connectivity index (χ2n) is 4.76. The predicted molar refractivity (Wildman–Crippen MR) is 85.5 cm³/mol. The van der Waals surface area contributed by atoms with Gasteiger partial charge in [-0.15, -0.1) is 12.4 Å². The van der Waals surface area contributed by atoms with Gasteiger partial charge in [-0.2, -0.15) is 0 Å². The van der Waals surface area contributed by atoms with Gasteiger partial charge in [-0.3, -0.25) is 4.79 Å². The molecule has 1 fully saturated rings. The van der Waals surface area contributed by atoms with Crippen LogP contribution in [-0.4, -0.2) is 31.1 Å². The van der Waals surface area contributed by atoms with Crippen LogP contribution in [0.15, 0.2) is 28.7 Å². The molecule has 1 aromatic carbocycles. The van der Waals surface area contributed by atoms with E-state index in [4.69, 9.17) is 4.74 Å². The fourth-order valence-corrected chi connectivity index (χ4v) is 2.47. The molecule has 4 nitrogen and oxygen atoms in total. The van der Waals surface area contributed by atoms with Gasteiger partial charge >= 0.3 is 0 Å². The maximum atomic E-state index is 11.9. The molecule has 1 aliphatic rings. The number of halogens is 2. The quantitative estimate of drug-likeness (QED) is 0.845. The van der Waals surface area contributed by atoms with Gasteiger partial charge in [-0.25, -0.2) is 0 Å². The number of ether oxygens (including phenoxy) is 1. The Bertz CT molecular complexity index is 439. The zero-order valence-electron chi connectivity index (χ0n) is 11.4. The smallest absolute Gasteiger partial charge is 0.260 e. The minimum absolute atomic E-state index is 0. The Morgan fingerprint density at radius 3 is 3.05 bits per heavy atom. The van der Waals surface area contributed by atoms with Crippen molar-refractivity contribution in [3.8, 4) is 5.75 Å². The van der Waals surface area contributed by atoms with Gasteiger partial charge in [-0.1, -0.05) is 22.0 Å². The molecular formula is C14H20BrClN2O2. The monoisotopic (exact) mass is 362 g/mol. The first kappa shape index (κ1) is 17.3. The highest BCUT2D eigenvalue weighted by Crippen LogP contribution is 2.18. The molecule has 6 heteroatoms. The van der Waals surface area contributed by atoms with E-state index in [1.165, 1.54) is 6.42 Å². The van der Waals surface area contributed by atoms with E-state index in [2.05, 4.69) is 26.6 Å². The molecule has 0 radical (unpaired) electrons. The highest BCUT2D eigenvalue weighted by Gasteiger charge is 2.18. The second-order valence-corrected chi connectivity index (χ2v) is 5.67. The zero-order valence-corrected chi connectivity index (χ0v) is 13.8. The normalized spacial score (nSPS) is 19.0. The molecule has 1 heterocycles. The summed E-state index contributed by atoms with van der Waals surface area (Å²) in [5.41, 5.74) is 0. The summed E-state index contributed by atoms with van der Waals surface area (Å²) in [5, 5.41) is 6.27. The molecule has 1 aromatic rings. The average molecular weight is 364 g/mol. The average Bonchev–Trinajstić information content (AvgIpc) is 2.89. The van der Waals surface area contributed by atoms with Crippen LogP contribution in [0.1, 0.15) is 19.8 Å². The summed E-state index contributed by atoms with van der Waals surface area (Å²) in [6, 6.07) is 7.90. The fourth-order valence-electron chi connectivity index (χ4n) is 2.10. The number of benzene rings is 1. The molecule has 1 amide bonds. The van der Waals surface area contributed by atoms with E-state index >= 15 is 0 Å². The van der Waals surface area contributed by atoms with Crippen LogP contribution < -0.4 is 15.4 Å². The summed E-state index contributed by atoms with van der Waals surface area (Å²) < 4.78 is 6.55. The SMILES string of the molecule is CC(Oc1cccc(Br)c1)C(=O)NCC1CCCN1.Cl. The van der Waals surface area contributed by atoms with E-state index in [1.54, 1.807) is 6.92 Å². The summed E-state index contributed by atoms with van der Waals surface area (Å²) in [6.45, 7) is 3.48. The Morgan fingerprint density at radius 2 is 2.40 bits per heavy atom. The standard InChI is InChI=1S/C14H19BrN2O2.ClH/c1-10(19-13-6-2-4-11(15)8-13)14(18)17-9-12-5-3-7-16-12;/h2,4,6,8,10,12,16H,3,5,7,9H2,1H3,(H,17,18);1H. The van der Waals surface area contributed by atoms with Gasteiger partial charge in [0.1, 0.15) is 5.75 Å². The highest BCUT2D eigenvalue weighted by atomic mass is 79.9. The molecule has 0 spiro atoms. The minimum Gasteiger partial charge on any atom is -0.481 e. The van der Waals surface area contributed by atoms with Gasteiger partial charge in [0.25, 0.3) is 5.91 Å². The number of amides is 1. The first-order chi connectivity index (χ1) is 9.15. The van der Waals surface area contributed by atoms with Gasteiger partial charge in [0, 0.05) is 17.1 Å². The Labute approximate surface area is 134 Å². The predicted octanol–water partition coefficient (Wildman–Crippen LogP) is 2.51. The highest BCUT2D eigenvalue weighted by molar-refractivity contribution is 9.10. The van der Waals surface area contributed by atoms with E-state index in [-0.39, 0.29) is 18.3 Å². The van der Waals surface area contributed by atoms with Crippen molar-refractivity contribution < 1.29 is 9.53 Å². The number of nitrogens with one attached hydrogen (secondary N) is 2. The van der Waals surface area contributed by atoms with Crippen molar-refractivity contribution in [1.29, 1.82) is 0 Å². The molecule has 1 aliphatic heterocycles. The lowest BCUT2D eigenvalue weighted by Crippen LogP contribution is -2.42.